The number of hydrogen-bond acceptors (Lipinski definition) is 12. The zero-order valence-electron chi connectivity index (χ0n) is 37.8. The molecule has 17 nitrogen and oxygen atoms in total. The quantitative estimate of drug-likeness (QED) is 0.197. The van der Waals surface area contributed by atoms with E-state index in [-0.39, 0.29) is 36.2 Å². The van der Waals surface area contributed by atoms with E-state index in [1.165, 1.54) is 6.33 Å². The number of imide groups is 1. The molecular formula is C50H58N12O5. The van der Waals surface area contributed by atoms with Crippen molar-refractivity contribution in [2.45, 2.75) is 82.1 Å². The Morgan fingerprint density at radius 2 is 1.42 bits per heavy atom. The molecule has 0 saturated carbocycles. The van der Waals surface area contributed by atoms with Crippen LogP contribution in [0.1, 0.15) is 73.3 Å². The van der Waals surface area contributed by atoms with Crippen LogP contribution in [0.25, 0.3) is 22.3 Å². The van der Waals surface area contributed by atoms with Gasteiger partial charge >= 0.3 is 6.03 Å². The van der Waals surface area contributed by atoms with Crippen LogP contribution in [0.3, 0.4) is 0 Å². The maximum Gasteiger partial charge on any atom is 0.320 e. The topological polar surface area (TPSA) is 179 Å². The molecule has 0 bridgehead atoms. The van der Waals surface area contributed by atoms with E-state index in [2.05, 4.69) is 45.5 Å². The van der Waals surface area contributed by atoms with Crippen molar-refractivity contribution < 1.29 is 23.9 Å². The number of para-hydroxylation sites is 1. The lowest BCUT2D eigenvalue weighted by molar-refractivity contribution is -0.136. The summed E-state index contributed by atoms with van der Waals surface area (Å²) >= 11 is 0. The standard InChI is InChI=1S/C50H58N12O5/c51-46-44-45(33-8-11-40(12-9-33)67-39-6-2-1-3-7-39)55-62(47(44)53-32-52-46)38-5-4-20-60(31-38)36-18-23-59(24-19-36)50(66)58-21-16-35(17-22-58)56-25-27-57(28-26-56)37-10-13-41-34(29-37)30-61(49(41)65)42-14-15-43(63)54-48(42)64/h1-3,6-13,29,32,35-36,38,42H,4-5,14-28,30-31H2,(H2,51,52,53)(H,54,63,64). The predicted octanol–water partition coefficient (Wildman–Crippen LogP) is 5.14. The molecule has 348 valence electrons. The van der Waals surface area contributed by atoms with Crippen molar-refractivity contribution >= 4 is 46.3 Å². The van der Waals surface area contributed by atoms with Gasteiger partial charge in [-0.1, -0.05) is 18.2 Å². The van der Waals surface area contributed by atoms with E-state index in [0.29, 0.717) is 36.4 Å². The molecular weight excluding hydrogens is 849 g/mol. The minimum Gasteiger partial charge on any atom is -0.457 e. The lowest BCUT2D eigenvalue weighted by Gasteiger charge is -2.45. The number of carbonyl (C=O) groups is 4. The maximum atomic E-state index is 13.9. The molecule has 3 aromatic carbocycles. The third kappa shape index (κ3) is 8.54. The summed E-state index contributed by atoms with van der Waals surface area (Å²) in [6.45, 7) is 9.03. The van der Waals surface area contributed by atoms with Crippen molar-refractivity contribution in [2.24, 2.45) is 0 Å². The zero-order chi connectivity index (χ0) is 45.6. The Morgan fingerprint density at radius 3 is 2.13 bits per heavy atom. The Bertz CT molecular complexity index is 2650. The van der Waals surface area contributed by atoms with Crippen molar-refractivity contribution in [2.75, 3.05) is 76.1 Å². The molecule has 5 saturated heterocycles. The smallest absolute Gasteiger partial charge is 0.320 e. The van der Waals surface area contributed by atoms with E-state index < -0.39 is 6.04 Å². The van der Waals surface area contributed by atoms with Crippen LogP contribution < -0.4 is 20.7 Å². The SMILES string of the molecule is Nc1ncnc2c1c(-c1ccc(Oc3ccccc3)cc1)nn2C1CCCN(C2CCN(C(=O)N3CCC(N4CCN(c5ccc6c(c5)CN(C5CCC(=O)NC5=O)C6=O)CC4)CC3)CC2)C1. The van der Waals surface area contributed by atoms with Crippen molar-refractivity contribution in [1.82, 2.24) is 49.6 Å². The normalized spacial score (nSPS) is 22.7. The van der Waals surface area contributed by atoms with Gasteiger partial charge in [0, 0.05) is 101 Å². The molecule has 3 N–H and O–H groups in total. The minimum absolute atomic E-state index is 0.134. The van der Waals surface area contributed by atoms with Crippen LogP contribution >= 0.6 is 0 Å². The summed E-state index contributed by atoms with van der Waals surface area (Å²) in [5, 5.41) is 8.33. The first-order valence-corrected chi connectivity index (χ1v) is 24.1. The van der Waals surface area contributed by atoms with E-state index in [1.807, 2.05) is 66.7 Å². The Hall–Kier alpha value is -6.59. The Morgan fingerprint density at radius 1 is 0.716 bits per heavy atom. The number of nitrogens with zero attached hydrogens (tertiary/aromatic N) is 10. The third-order valence-corrected chi connectivity index (χ3v) is 15.1. The fourth-order valence-corrected chi connectivity index (χ4v) is 11.4. The largest absolute Gasteiger partial charge is 0.457 e. The van der Waals surface area contributed by atoms with Crippen LogP contribution in [0.15, 0.2) is 79.1 Å². The Kier molecular flexibility index (Phi) is 11.7. The lowest BCUT2D eigenvalue weighted by Crippen LogP contribution is -2.56. The molecule has 0 spiro atoms. The number of fused-ring (bicyclic) bond motifs is 2. The van der Waals surface area contributed by atoms with Crippen molar-refractivity contribution in [3.63, 3.8) is 0 Å². The van der Waals surface area contributed by atoms with E-state index >= 15 is 0 Å². The highest BCUT2D eigenvalue weighted by atomic mass is 16.5. The van der Waals surface area contributed by atoms with E-state index in [4.69, 9.17) is 20.6 Å². The maximum absolute atomic E-state index is 13.9. The second-order valence-electron chi connectivity index (χ2n) is 19.0. The number of nitrogen functional groups attached to an aromatic ring is 1. The first-order valence-electron chi connectivity index (χ1n) is 24.1. The second kappa shape index (κ2) is 18.2. The zero-order valence-corrected chi connectivity index (χ0v) is 37.8. The number of nitrogens with one attached hydrogen (secondary N) is 1. The van der Waals surface area contributed by atoms with Crippen LogP contribution in [-0.4, -0.2) is 152 Å². The van der Waals surface area contributed by atoms with Crippen LogP contribution in [-0.2, 0) is 16.1 Å². The van der Waals surface area contributed by atoms with Gasteiger partial charge in [0.15, 0.2) is 5.65 Å². The van der Waals surface area contributed by atoms with Gasteiger partial charge in [-0.15, -0.1) is 0 Å². The number of urea groups is 1. The molecule has 2 unspecified atom stereocenters. The highest BCUT2D eigenvalue weighted by molar-refractivity contribution is 6.05. The lowest BCUT2D eigenvalue weighted by atomic mass is 9.98. The number of nitrogens with two attached hydrogens (primary N) is 1. The van der Waals surface area contributed by atoms with Gasteiger partial charge in [0.2, 0.25) is 11.8 Å². The molecule has 5 aromatic rings. The summed E-state index contributed by atoms with van der Waals surface area (Å²) in [6.07, 6.45) is 8.04. The molecule has 0 radical (unpaired) electrons. The number of piperidine rings is 4. The first-order chi connectivity index (χ1) is 32.7. The number of amides is 5. The van der Waals surface area contributed by atoms with Crippen LogP contribution in [0.5, 0.6) is 11.5 Å². The van der Waals surface area contributed by atoms with Gasteiger partial charge in [0.25, 0.3) is 5.91 Å². The molecule has 67 heavy (non-hydrogen) atoms. The average Bonchev–Trinajstić information content (AvgIpc) is 3.92. The van der Waals surface area contributed by atoms with Gasteiger partial charge in [0.1, 0.15) is 35.4 Å². The average molecular weight is 907 g/mol. The van der Waals surface area contributed by atoms with E-state index in [1.54, 1.807) is 4.90 Å². The number of rotatable bonds is 8. The summed E-state index contributed by atoms with van der Waals surface area (Å²) in [7, 11) is 0. The second-order valence-corrected chi connectivity index (χ2v) is 19.0. The fourth-order valence-electron chi connectivity index (χ4n) is 11.4. The molecule has 11 rings (SSSR count). The predicted molar refractivity (Wildman–Crippen MR) is 252 cm³/mol. The summed E-state index contributed by atoms with van der Waals surface area (Å²) in [6, 6.07) is 24.2. The molecule has 17 heteroatoms. The van der Waals surface area contributed by atoms with Crippen molar-refractivity contribution in [1.29, 1.82) is 0 Å². The van der Waals surface area contributed by atoms with Gasteiger partial charge in [-0.3, -0.25) is 29.5 Å². The molecule has 6 aliphatic heterocycles. The van der Waals surface area contributed by atoms with Gasteiger partial charge in [-0.05, 0) is 112 Å². The number of piperazine rings is 1. The van der Waals surface area contributed by atoms with Crippen LogP contribution in [0.4, 0.5) is 16.3 Å². The summed E-state index contributed by atoms with van der Waals surface area (Å²) in [5.41, 5.74) is 11.6. The van der Waals surface area contributed by atoms with Crippen LogP contribution in [0, 0.1) is 0 Å². The number of likely N-dealkylation sites (tertiary alicyclic amines) is 3. The molecule has 5 amide bonds. The highest BCUT2D eigenvalue weighted by Gasteiger charge is 2.40. The Balaban J connectivity index is 0.651. The molecule has 6 aliphatic rings. The molecule has 8 heterocycles. The summed E-state index contributed by atoms with van der Waals surface area (Å²) in [5.74, 6) is 1.12. The number of anilines is 2. The number of ether oxygens (including phenoxy) is 1. The van der Waals surface area contributed by atoms with Gasteiger partial charge < -0.3 is 30.1 Å². The molecule has 2 aromatic heterocycles. The minimum atomic E-state index is -0.611. The van der Waals surface area contributed by atoms with Crippen LogP contribution in [0.2, 0.25) is 0 Å². The first kappa shape index (κ1) is 43.0. The van der Waals surface area contributed by atoms with Gasteiger partial charge in [0.05, 0.1) is 11.4 Å². The van der Waals surface area contributed by atoms with Crippen molar-refractivity contribution in [3.05, 3.63) is 90.3 Å². The van der Waals surface area contributed by atoms with Gasteiger partial charge in [-0.2, -0.15) is 5.10 Å². The molecule has 0 aliphatic carbocycles. The van der Waals surface area contributed by atoms with Gasteiger partial charge in [-0.25, -0.2) is 19.4 Å². The third-order valence-electron chi connectivity index (χ3n) is 15.1. The number of benzene rings is 3. The monoisotopic (exact) mass is 906 g/mol. The fraction of sp³-hybridized carbons (Fsp3) is 0.460. The summed E-state index contributed by atoms with van der Waals surface area (Å²) < 4.78 is 8.11. The van der Waals surface area contributed by atoms with Crippen molar-refractivity contribution in [3.8, 4) is 22.8 Å². The molecule has 5 fully saturated rings. The number of hydrogen-bond donors (Lipinski definition) is 2. The summed E-state index contributed by atoms with van der Waals surface area (Å²) in [4.78, 5) is 73.7. The Labute approximate surface area is 389 Å². The van der Waals surface area contributed by atoms with E-state index in [0.717, 1.165) is 149 Å². The highest BCUT2D eigenvalue weighted by Crippen LogP contribution is 2.37. The number of carbonyl (C=O) groups excluding carboxylic acids is 4. The molecule has 2 atom stereocenters. The van der Waals surface area contributed by atoms with E-state index in [9.17, 15) is 19.2 Å². The number of aromatic nitrogens is 4.